The minimum absolute atomic E-state index is 0.189. The summed E-state index contributed by atoms with van der Waals surface area (Å²) in [6.07, 6.45) is 2.46. The van der Waals surface area contributed by atoms with Crippen LogP contribution in [-0.2, 0) is 6.42 Å². The van der Waals surface area contributed by atoms with Gasteiger partial charge in [0, 0.05) is 6.20 Å². The molecule has 1 aromatic carbocycles. The maximum atomic E-state index is 12.7. The van der Waals surface area contributed by atoms with Crippen molar-refractivity contribution < 1.29 is 19.0 Å². The van der Waals surface area contributed by atoms with E-state index >= 15 is 0 Å². The second kappa shape index (κ2) is 8.44. The lowest BCUT2D eigenvalue weighted by atomic mass is 10.2. The zero-order valence-electron chi connectivity index (χ0n) is 15.7. The van der Waals surface area contributed by atoms with Gasteiger partial charge in [-0.25, -0.2) is 4.98 Å². The van der Waals surface area contributed by atoms with Gasteiger partial charge in [0.15, 0.2) is 11.4 Å². The summed E-state index contributed by atoms with van der Waals surface area (Å²) < 4.78 is 17.9. The van der Waals surface area contributed by atoms with Crippen molar-refractivity contribution in [3.8, 4) is 17.2 Å². The van der Waals surface area contributed by atoms with Crippen LogP contribution in [0.1, 0.15) is 23.1 Å². The molecule has 0 saturated carbocycles. The summed E-state index contributed by atoms with van der Waals surface area (Å²) in [7, 11) is 3.21. The standard InChI is InChI=1S/C20H23N3O4/c1-4-16-18(23-12-5-6-17(26-3)19(23)22-16)20(24)21-11-13-27-15-9-7-14(25-2)8-10-15/h5-10,12H,4,11,13H2,1-3H3,(H,21,24). The number of fused-ring (bicyclic) bond motifs is 1. The van der Waals surface area contributed by atoms with Gasteiger partial charge in [0.25, 0.3) is 5.91 Å². The van der Waals surface area contributed by atoms with Gasteiger partial charge in [-0.3, -0.25) is 9.20 Å². The molecule has 3 aromatic rings. The molecule has 0 aliphatic rings. The number of nitrogens with one attached hydrogen (secondary N) is 1. The monoisotopic (exact) mass is 369 g/mol. The number of benzene rings is 1. The summed E-state index contributed by atoms with van der Waals surface area (Å²) in [6, 6.07) is 11.0. The van der Waals surface area contributed by atoms with Crippen molar-refractivity contribution in [2.45, 2.75) is 13.3 Å². The molecule has 0 spiro atoms. The number of carbonyl (C=O) groups is 1. The van der Waals surface area contributed by atoms with Gasteiger partial charge >= 0.3 is 0 Å². The first-order valence-corrected chi connectivity index (χ1v) is 8.77. The number of pyridine rings is 1. The molecule has 1 amide bonds. The van der Waals surface area contributed by atoms with E-state index in [0.29, 0.717) is 36.7 Å². The third kappa shape index (κ3) is 3.97. The Morgan fingerprint density at radius 3 is 2.52 bits per heavy atom. The fourth-order valence-corrected chi connectivity index (χ4v) is 2.82. The van der Waals surface area contributed by atoms with Crippen molar-refractivity contribution >= 4 is 11.6 Å². The van der Waals surface area contributed by atoms with Crippen molar-refractivity contribution in [2.24, 2.45) is 0 Å². The summed E-state index contributed by atoms with van der Waals surface area (Å²) in [4.78, 5) is 17.3. The number of hydrogen-bond acceptors (Lipinski definition) is 5. The predicted molar refractivity (Wildman–Crippen MR) is 102 cm³/mol. The molecule has 0 bridgehead atoms. The molecule has 27 heavy (non-hydrogen) atoms. The van der Waals surface area contributed by atoms with E-state index in [4.69, 9.17) is 14.2 Å². The van der Waals surface area contributed by atoms with Gasteiger partial charge in [0.05, 0.1) is 26.5 Å². The number of nitrogens with zero attached hydrogens (tertiary/aromatic N) is 2. The lowest BCUT2D eigenvalue weighted by molar-refractivity contribution is 0.0940. The minimum atomic E-state index is -0.189. The van der Waals surface area contributed by atoms with E-state index in [0.717, 1.165) is 17.2 Å². The number of ether oxygens (including phenoxy) is 3. The topological polar surface area (TPSA) is 74.1 Å². The summed E-state index contributed by atoms with van der Waals surface area (Å²) in [5.74, 6) is 1.93. The second-order valence-corrected chi connectivity index (χ2v) is 5.81. The fourth-order valence-electron chi connectivity index (χ4n) is 2.82. The largest absolute Gasteiger partial charge is 0.497 e. The van der Waals surface area contributed by atoms with Gasteiger partial charge in [-0.2, -0.15) is 0 Å². The Balaban J connectivity index is 1.65. The van der Waals surface area contributed by atoms with Crippen LogP contribution < -0.4 is 19.5 Å². The molecule has 0 saturated heterocycles. The number of carbonyl (C=O) groups excluding carboxylic acids is 1. The number of imidazole rings is 1. The molecule has 7 heteroatoms. The summed E-state index contributed by atoms with van der Waals surface area (Å²) in [5.41, 5.74) is 1.89. The van der Waals surface area contributed by atoms with Gasteiger partial charge < -0.3 is 19.5 Å². The third-order valence-corrected chi connectivity index (χ3v) is 4.17. The minimum Gasteiger partial charge on any atom is -0.497 e. The SMILES string of the molecule is CCc1nc2c(OC)cccn2c1C(=O)NCCOc1ccc(OC)cc1. The molecule has 3 rings (SSSR count). The highest BCUT2D eigenvalue weighted by molar-refractivity contribution is 5.95. The van der Waals surface area contributed by atoms with E-state index in [1.807, 2.05) is 49.5 Å². The fraction of sp³-hybridized carbons (Fsp3) is 0.300. The van der Waals surface area contributed by atoms with Gasteiger partial charge in [-0.1, -0.05) is 6.92 Å². The first kappa shape index (κ1) is 18.6. The Labute approximate surface area is 157 Å². The van der Waals surface area contributed by atoms with Gasteiger partial charge in [0.2, 0.25) is 0 Å². The number of amides is 1. The van der Waals surface area contributed by atoms with Crippen LogP contribution in [0.25, 0.3) is 5.65 Å². The van der Waals surface area contributed by atoms with Crippen molar-refractivity contribution in [1.82, 2.24) is 14.7 Å². The number of aromatic nitrogens is 2. The van der Waals surface area contributed by atoms with Crippen LogP contribution in [0.5, 0.6) is 17.2 Å². The van der Waals surface area contributed by atoms with Crippen LogP contribution in [0, 0.1) is 0 Å². The van der Waals surface area contributed by atoms with Crippen molar-refractivity contribution in [2.75, 3.05) is 27.4 Å². The van der Waals surface area contributed by atoms with Crippen LogP contribution in [-0.4, -0.2) is 42.7 Å². The number of rotatable bonds is 8. The average molecular weight is 369 g/mol. The maximum Gasteiger partial charge on any atom is 0.270 e. The van der Waals surface area contributed by atoms with Crippen LogP contribution in [0.15, 0.2) is 42.6 Å². The van der Waals surface area contributed by atoms with E-state index in [1.54, 1.807) is 18.6 Å². The van der Waals surface area contributed by atoms with Crippen molar-refractivity contribution in [3.63, 3.8) is 0 Å². The highest BCUT2D eigenvalue weighted by Crippen LogP contribution is 2.22. The second-order valence-electron chi connectivity index (χ2n) is 5.81. The first-order chi connectivity index (χ1) is 13.2. The van der Waals surface area contributed by atoms with Gasteiger partial charge in [-0.15, -0.1) is 0 Å². The molecular weight excluding hydrogens is 346 g/mol. The van der Waals surface area contributed by atoms with Crippen LogP contribution in [0.2, 0.25) is 0 Å². The summed E-state index contributed by atoms with van der Waals surface area (Å²) in [5, 5.41) is 2.89. The molecule has 0 aliphatic heterocycles. The molecule has 0 fully saturated rings. The van der Waals surface area contributed by atoms with Crippen LogP contribution in [0.4, 0.5) is 0 Å². The zero-order valence-corrected chi connectivity index (χ0v) is 15.7. The van der Waals surface area contributed by atoms with E-state index in [9.17, 15) is 4.79 Å². The molecule has 0 unspecified atom stereocenters. The number of hydrogen-bond donors (Lipinski definition) is 1. The molecular formula is C20H23N3O4. The molecule has 7 nitrogen and oxygen atoms in total. The predicted octanol–water partition coefficient (Wildman–Crippen LogP) is 2.72. The highest BCUT2D eigenvalue weighted by Gasteiger charge is 2.19. The zero-order chi connectivity index (χ0) is 19.2. The van der Waals surface area contributed by atoms with Crippen LogP contribution >= 0.6 is 0 Å². The van der Waals surface area contributed by atoms with Crippen molar-refractivity contribution in [1.29, 1.82) is 0 Å². The van der Waals surface area contributed by atoms with E-state index < -0.39 is 0 Å². The Morgan fingerprint density at radius 1 is 1.11 bits per heavy atom. The lowest BCUT2D eigenvalue weighted by Gasteiger charge is -2.09. The molecule has 142 valence electrons. The highest BCUT2D eigenvalue weighted by atomic mass is 16.5. The molecule has 0 aliphatic carbocycles. The Kier molecular flexibility index (Phi) is 5.80. The first-order valence-electron chi connectivity index (χ1n) is 8.77. The van der Waals surface area contributed by atoms with E-state index in [1.165, 1.54) is 0 Å². The van der Waals surface area contributed by atoms with Crippen LogP contribution in [0.3, 0.4) is 0 Å². The van der Waals surface area contributed by atoms with Gasteiger partial charge in [0.1, 0.15) is 23.8 Å². The molecule has 0 atom stereocenters. The third-order valence-electron chi connectivity index (χ3n) is 4.17. The summed E-state index contributed by atoms with van der Waals surface area (Å²) >= 11 is 0. The molecule has 2 aromatic heterocycles. The van der Waals surface area contributed by atoms with E-state index in [-0.39, 0.29) is 5.91 Å². The number of methoxy groups -OCH3 is 2. The Bertz CT molecular complexity index is 919. The van der Waals surface area contributed by atoms with E-state index in [2.05, 4.69) is 10.3 Å². The summed E-state index contributed by atoms with van der Waals surface area (Å²) in [6.45, 7) is 2.71. The Hall–Kier alpha value is -3.22. The lowest BCUT2D eigenvalue weighted by Crippen LogP contribution is -2.29. The smallest absolute Gasteiger partial charge is 0.270 e. The van der Waals surface area contributed by atoms with Crippen molar-refractivity contribution in [3.05, 3.63) is 54.0 Å². The quantitative estimate of drug-likeness (QED) is 0.618. The molecule has 2 heterocycles. The van der Waals surface area contributed by atoms with Gasteiger partial charge in [-0.05, 0) is 42.8 Å². The number of aryl methyl sites for hydroxylation is 1. The molecule has 1 N–H and O–H groups in total. The molecule has 0 radical (unpaired) electrons. The maximum absolute atomic E-state index is 12.7. The Morgan fingerprint density at radius 2 is 1.85 bits per heavy atom. The average Bonchev–Trinajstić information content (AvgIpc) is 3.10. The normalized spacial score (nSPS) is 10.6.